The Labute approximate surface area is 117 Å². The van der Waals surface area contributed by atoms with Gasteiger partial charge in [0.1, 0.15) is 10.4 Å². The van der Waals surface area contributed by atoms with Crippen LogP contribution in [0.15, 0.2) is 28.2 Å². The van der Waals surface area contributed by atoms with Crippen molar-refractivity contribution >= 4 is 38.9 Å². The van der Waals surface area contributed by atoms with E-state index in [9.17, 15) is 4.79 Å². The number of amides is 1. The highest BCUT2D eigenvalue weighted by Crippen LogP contribution is 2.23. The summed E-state index contributed by atoms with van der Waals surface area (Å²) in [6.45, 7) is 1.84. The number of aromatic nitrogens is 1. The molecule has 0 aliphatic rings. The van der Waals surface area contributed by atoms with Gasteiger partial charge in [-0.15, -0.1) is 11.3 Å². The summed E-state index contributed by atoms with van der Waals surface area (Å²) in [6, 6.07) is 5.31. The number of pyridine rings is 1. The van der Waals surface area contributed by atoms with Crippen LogP contribution in [0.4, 0.5) is 5.69 Å². The maximum absolute atomic E-state index is 12.0. The Morgan fingerprint density at radius 2 is 2.28 bits per heavy atom. The molecule has 2 heterocycles. The van der Waals surface area contributed by atoms with Crippen molar-refractivity contribution in [2.75, 3.05) is 12.4 Å². The Bertz CT molecular complexity index is 583. The number of nitrogens with one attached hydrogen (secondary N) is 1. The largest absolute Gasteiger partial charge is 0.496 e. The zero-order valence-electron chi connectivity index (χ0n) is 9.86. The molecule has 0 aliphatic heterocycles. The Balaban J connectivity index is 2.16. The molecule has 0 saturated carbocycles. The van der Waals surface area contributed by atoms with Gasteiger partial charge in [-0.1, -0.05) is 0 Å². The number of aryl methyl sites for hydroxylation is 1. The normalized spacial score (nSPS) is 10.2. The highest BCUT2D eigenvalue weighted by atomic mass is 79.9. The molecular formula is C12H11BrN2O2S. The van der Waals surface area contributed by atoms with Gasteiger partial charge < -0.3 is 10.1 Å². The van der Waals surface area contributed by atoms with Crippen LogP contribution in [0.3, 0.4) is 0 Å². The van der Waals surface area contributed by atoms with Gasteiger partial charge in [-0.05, 0) is 35.0 Å². The van der Waals surface area contributed by atoms with Gasteiger partial charge in [0, 0.05) is 11.4 Å². The number of carbonyl (C=O) groups excluding carboxylic acids is 1. The molecule has 2 rings (SSSR count). The van der Waals surface area contributed by atoms with Gasteiger partial charge >= 0.3 is 0 Å². The van der Waals surface area contributed by atoms with Crippen molar-refractivity contribution in [2.24, 2.45) is 0 Å². The topological polar surface area (TPSA) is 51.2 Å². The fourth-order valence-electron chi connectivity index (χ4n) is 1.39. The number of hydrogen-bond acceptors (Lipinski definition) is 4. The van der Waals surface area contributed by atoms with E-state index in [1.165, 1.54) is 11.3 Å². The number of halogens is 1. The van der Waals surface area contributed by atoms with Crippen molar-refractivity contribution in [3.63, 3.8) is 0 Å². The highest BCUT2D eigenvalue weighted by molar-refractivity contribution is 9.10. The standard InChI is InChI=1S/C12H11BrN2O2S/c1-7-9(3-4-11(13)14-7)15-12(16)10-5-8(17-2)6-18-10/h3-6H,1-2H3,(H,15,16). The lowest BCUT2D eigenvalue weighted by Crippen LogP contribution is -2.11. The average Bonchev–Trinajstić information content (AvgIpc) is 2.81. The van der Waals surface area contributed by atoms with Gasteiger partial charge in [-0.2, -0.15) is 0 Å². The molecule has 0 bridgehead atoms. The third-order valence-corrected chi connectivity index (χ3v) is 3.68. The molecule has 0 atom stereocenters. The highest BCUT2D eigenvalue weighted by Gasteiger charge is 2.11. The predicted octanol–water partition coefficient (Wildman–Crippen LogP) is 3.47. The smallest absolute Gasteiger partial charge is 0.265 e. The Morgan fingerprint density at radius 1 is 1.50 bits per heavy atom. The summed E-state index contributed by atoms with van der Waals surface area (Å²) in [6.07, 6.45) is 0. The van der Waals surface area contributed by atoms with Gasteiger partial charge in [0.25, 0.3) is 5.91 Å². The maximum Gasteiger partial charge on any atom is 0.265 e. The van der Waals surface area contributed by atoms with E-state index < -0.39 is 0 Å². The van der Waals surface area contributed by atoms with Crippen molar-refractivity contribution in [2.45, 2.75) is 6.92 Å². The van der Waals surface area contributed by atoms with E-state index in [1.807, 2.05) is 13.0 Å². The van der Waals surface area contributed by atoms with Crippen LogP contribution in [0.25, 0.3) is 0 Å². The van der Waals surface area contributed by atoms with E-state index in [0.29, 0.717) is 16.3 Å². The summed E-state index contributed by atoms with van der Waals surface area (Å²) >= 11 is 4.63. The lowest BCUT2D eigenvalue weighted by Gasteiger charge is -2.06. The molecule has 1 N–H and O–H groups in total. The molecule has 0 fully saturated rings. The Morgan fingerprint density at radius 3 is 2.89 bits per heavy atom. The first kappa shape index (κ1) is 13.0. The summed E-state index contributed by atoms with van der Waals surface area (Å²) < 4.78 is 5.79. The fraction of sp³-hybridized carbons (Fsp3) is 0.167. The number of hydrogen-bond donors (Lipinski definition) is 1. The number of thiophene rings is 1. The molecule has 0 saturated heterocycles. The van der Waals surface area contributed by atoms with E-state index >= 15 is 0 Å². The first-order valence-corrected chi connectivity index (χ1v) is 6.84. The van der Waals surface area contributed by atoms with Gasteiger partial charge in [-0.3, -0.25) is 4.79 Å². The lowest BCUT2D eigenvalue weighted by molar-refractivity contribution is 0.103. The molecule has 0 unspecified atom stereocenters. The van der Waals surface area contributed by atoms with Crippen LogP contribution < -0.4 is 10.1 Å². The monoisotopic (exact) mass is 326 g/mol. The van der Waals surface area contributed by atoms with E-state index in [2.05, 4.69) is 26.2 Å². The molecule has 6 heteroatoms. The minimum absolute atomic E-state index is 0.157. The number of nitrogens with zero attached hydrogens (tertiary/aromatic N) is 1. The molecule has 18 heavy (non-hydrogen) atoms. The third kappa shape index (κ3) is 2.88. The van der Waals surface area contributed by atoms with Gasteiger partial charge in [0.2, 0.25) is 0 Å². The molecule has 0 aromatic carbocycles. The molecule has 94 valence electrons. The van der Waals surface area contributed by atoms with Crippen LogP contribution >= 0.6 is 27.3 Å². The lowest BCUT2D eigenvalue weighted by atomic mass is 10.3. The minimum Gasteiger partial charge on any atom is -0.496 e. The Hall–Kier alpha value is -1.40. The Kier molecular flexibility index (Phi) is 3.98. The molecule has 0 aliphatic carbocycles. The average molecular weight is 327 g/mol. The zero-order valence-corrected chi connectivity index (χ0v) is 12.3. The van der Waals surface area contributed by atoms with E-state index in [4.69, 9.17) is 4.74 Å². The zero-order chi connectivity index (χ0) is 13.1. The van der Waals surface area contributed by atoms with Gasteiger partial charge in [0.15, 0.2) is 0 Å². The van der Waals surface area contributed by atoms with Crippen LogP contribution in [-0.4, -0.2) is 18.0 Å². The summed E-state index contributed by atoms with van der Waals surface area (Å²) in [5, 5.41) is 4.62. The van der Waals surface area contributed by atoms with E-state index in [1.54, 1.807) is 24.6 Å². The van der Waals surface area contributed by atoms with Crippen LogP contribution in [0.5, 0.6) is 5.75 Å². The van der Waals surface area contributed by atoms with Gasteiger partial charge in [-0.25, -0.2) is 4.98 Å². The van der Waals surface area contributed by atoms with Crippen molar-refractivity contribution in [3.05, 3.63) is 38.8 Å². The molecule has 4 nitrogen and oxygen atoms in total. The van der Waals surface area contributed by atoms with Crippen LogP contribution in [-0.2, 0) is 0 Å². The summed E-state index contributed by atoms with van der Waals surface area (Å²) in [5.74, 6) is 0.534. The first-order valence-electron chi connectivity index (χ1n) is 5.17. The second kappa shape index (κ2) is 5.49. The fourth-order valence-corrected chi connectivity index (χ4v) is 2.54. The molecule has 2 aromatic rings. The second-order valence-electron chi connectivity index (χ2n) is 3.57. The molecule has 2 aromatic heterocycles. The predicted molar refractivity (Wildman–Crippen MR) is 75.5 cm³/mol. The van der Waals surface area contributed by atoms with Crippen molar-refractivity contribution in [3.8, 4) is 5.75 Å². The maximum atomic E-state index is 12.0. The summed E-state index contributed by atoms with van der Waals surface area (Å²) in [4.78, 5) is 16.8. The van der Waals surface area contributed by atoms with Crippen molar-refractivity contribution in [1.29, 1.82) is 0 Å². The first-order chi connectivity index (χ1) is 8.60. The minimum atomic E-state index is -0.157. The summed E-state index contributed by atoms with van der Waals surface area (Å²) in [5.41, 5.74) is 1.47. The SMILES string of the molecule is COc1csc(C(=O)Nc2ccc(Br)nc2C)c1. The summed E-state index contributed by atoms with van der Waals surface area (Å²) in [7, 11) is 1.58. The number of ether oxygens (including phenoxy) is 1. The quantitative estimate of drug-likeness (QED) is 0.878. The van der Waals surface area contributed by atoms with Gasteiger partial charge in [0.05, 0.1) is 23.4 Å². The molecule has 0 radical (unpaired) electrons. The van der Waals surface area contributed by atoms with E-state index in [-0.39, 0.29) is 5.91 Å². The molecule has 0 spiro atoms. The third-order valence-electron chi connectivity index (χ3n) is 2.33. The van der Waals surface area contributed by atoms with E-state index in [0.717, 1.165) is 10.3 Å². The number of methoxy groups -OCH3 is 1. The molecule has 1 amide bonds. The van der Waals surface area contributed by atoms with Crippen LogP contribution in [0.1, 0.15) is 15.4 Å². The van der Waals surface area contributed by atoms with Crippen molar-refractivity contribution < 1.29 is 9.53 Å². The second-order valence-corrected chi connectivity index (χ2v) is 5.30. The number of anilines is 1. The molecular weight excluding hydrogens is 316 g/mol. The van der Waals surface area contributed by atoms with Crippen molar-refractivity contribution in [1.82, 2.24) is 4.98 Å². The number of rotatable bonds is 3. The number of carbonyl (C=O) groups is 1. The van der Waals surface area contributed by atoms with Crippen LogP contribution in [0, 0.1) is 6.92 Å². The van der Waals surface area contributed by atoms with Crippen LogP contribution in [0.2, 0.25) is 0 Å².